The zero-order valence-electron chi connectivity index (χ0n) is 15.5. The molecule has 4 rings (SSSR count). The van der Waals surface area contributed by atoms with Gasteiger partial charge in [0.2, 0.25) is 0 Å². The lowest BCUT2D eigenvalue weighted by Crippen LogP contribution is -2.44. The van der Waals surface area contributed by atoms with Crippen LogP contribution in [0.3, 0.4) is 0 Å². The van der Waals surface area contributed by atoms with Gasteiger partial charge in [-0.2, -0.15) is 0 Å². The zero-order valence-corrected chi connectivity index (χ0v) is 16.3. The standard InChI is InChI=1S/C19H23ClN6O/c1-11-10-27-6-5-26(11)18-9-17(22-12(2)13-3-4-13)24-19(25-18)14-7-15(20)23-16(21)8-14/h7-9,11,13H,3-6,10H2,1-2H3,(H2,21,23)/t11-/m1/s1. The number of aromatic nitrogens is 3. The van der Waals surface area contributed by atoms with Crippen molar-refractivity contribution < 1.29 is 4.74 Å². The molecule has 2 N–H and O–H groups in total. The van der Waals surface area contributed by atoms with E-state index in [0.717, 1.165) is 23.6 Å². The van der Waals surface area contributed by atoms with Gasteiger partial charge in [-0.05, 0) is 44.7 Å². The molecule has 1 saturated carbocycles. The molecule has 2 aromatic heterocycles. The van der Waals surface area contributed by atoms with Gasteiger partial charge in [0, 0.05) is 23.9 Å². The highest BCUT2D eigenvalue weighted by Crippen LogP contribution is 2.33. The molecule has 8 heteroatoms. The summed E-state index contributed by atoms with van der Waals surface area (Å²) in [5.74, 6) is 2.96. The molecule has 1 aliphatic heterocycles. The van der Waals surface area contributed by atoms with Crippen LogP contribution in [0.5, 0.6) is 0 Å². The van der Waals surface area contributed by atoms with Crippen LogP contribution >= 0.6 is 11.6 Å². The van der Waals surface area contributed by atoms with Crippen molar-refractivity contribution in [2.45, 2.75) is 32.7 Å². The van der Waals surface area contributed by atoms with Crippen LogP contribution in [0.2, 0.25) is 5.15 Å². The van der Waals surface area contributed by atoms with Crippen molar-refractivity contribution in [1.29, 1.82) is 0 Å². The molecule has 142 valence electrons. The highest BCUT2D eigenvalue weighted by Gasteiger charge is 2.25. The van der Waals surface area contributed by atoms with Gasteiger partial charge in [0.25, 0.3) is 0 Å². The number of rotatable bonds is 4. The van der Waals surface area contributed by atoms with Gasteiger partial charge >= 0.3 is 0 Å². The van der Waals surface area contributed by atoms with Gasteiger partial charge in [-0.1, -0.05) is 11.6 Å². The molecule has 0 bridgehead atoms. The van der Waals surface area contributed by atoms with Crippen LogP contribution in [0.1, 0.15) is 26.7 Å². The first kappa shape index (κ1) is 18.1. The average molecular weight is 387 g/mol. The Balaban J connectivity index is 1.79. The van der Waals surface area contributed by atoms with Gasteiger partial charge in [-0.3, -0.25) is 0 Å². The Bertz CT molecular complexity index is 862. The normalized spacial score (nSPS) is 20.8. The Hall–Kier alpha value is -2.25. The van der Waals surface area contributed by atoms with E-state index >= 15 is 0 Å². The van der Waals surface area contributed by atoms with E-state index in [1.165, 1.54) is 12.8 Å². The van der Waals surface area contributed by atoms with E-state index in [1.807, 2.05) is 6.07 Å². The fraction of sp³-hybridized carbons (Fsp3) is 0.474. The molecular formula is C19H23ClN6O. The fourth-order valence-electron chi connectivity index (χ4n) is 3.24. The van der Waals surface area contributed by atoms with Gasteiger partial charge in [-0.15, -0.1) is 0 Å². The summed E-state index contributed by atoms with van der Waals surface area (Å²) in [5, 5.41) is 0.318. The van der Waals surface area contributed by atoms with Crippen LogP contribution in [-0.4, -0.2) is 46.5 Å². The summed E-state index contributed by atoms with van der Waals surface area (Å²) in [5.41, 5.74) is 7.71. The van der Waals surface area contributed by atoms with Gasteiger partial charge in [0.15, 0.2) is 11.6 Å². The summed E-state index contributed by atoms with van der Waals surface area (Å²) in [6, 6.07) is 5.63. The van der Waals surface area contributed by atoms with E-state index in [0.29, 0.717) is 41.7 Å². The summed E-state index contributed by atoms with van der Waals surface area (Å²) in [6.07, 6.45) is 2.41. The number of ether oxygens (including phenoxy) is 1. The molecule has 2 aliphatic rings. The van der Waals surface area contributed by atoms with Crippen LogP contribution in [0.4, 0.5) is 17.5 Å². The number of hydrogen-bond acceptors (Lipinski definition) is 7. The molecule has 0 radical (unpaired) electrons. The molecule has 1 aliphatic carbocycles. The fourth-order valence-corrected chi connectivity index (χ4v) is 3.46. The Kier molecular flexibility index (Phi) is 4.97. The molecule has 0 aromatic carbocycles. The number of anilines is 2. The first-order valence-corrected chi connectivity index (χ1v) is 9.59. The molecule has 3 heterocycles. The van der Waals surface area contributed by atoms with Crippen LogP contribution in [0.25, 0.3) is 11.4 Å². The maximum atomic E-state index is 6.08. The second-order valence-electron chi connectivity index (χ2n) is 7.16. The van der Waals surface area contributed by atoms with Crippen molar-refractivity contribution in [3.8, 4) is 11.4 Å². The van der Waals surface area contributed by atoms with Gasteiger partial charge in [-0.25, -0.2) is 19.9 Å². The van der Waals surface area contributed by atoms with Crippen molar-refractivity contribution >= 4 is 34.8 Å². The summed E-state index contributed by atoms with van der Waals surface area (Å²) < 4.78 is 5.56. The Morgan fingerprint density at radius 2 is 2.07 bits per heavy atom. The first-order chi connectivity index (χ1) is 13.0. The maximum absolute atomic E-state index is 6.08. The molecule has 0 unspecified atom stereocenters. The second kappa shape index (κ2) is 7.40. The van der Waals surface area contributed by atoms with Crippen LogP contribution in [-0.2, 0) is 4.74 Å². The molecule has 2 aromatic rings. The molecule has 27 heavy (non-hydrogen) atoms. The maximum Gasteiger partial charge on any atom is 0.164 e. The largest absolute Gasteiger partial charge is 0.384 e. The van der Waals surface area contributed by atoms with E-state index < -0.39 is 0 Å². The minimum absolute atomic E-state index is 0.231. The minimum Gasteiger partial charge on any atom is -0.384 e. The summed E-state index contributed by atoms with van der Waals surface area (Å²) in [4.78, 5) is 20.4. The Morgan fingerprint density at radius 3 is 2.78 bits per heavy atom. The Labute approximate surface area is 163 Å². The number of halogens is 1. The minimum atomic E-state index is 0.231. The van der Waals surface area contributed by atoms with Crippen molar-refractivity contribution in [3.05, 3.63) is 23.4 Å². The number of aliphatic imine (C=N–C) groups is 1. The quantitative estimate of drug-likeness (QED) is 0.638. The summed E-state index contributed by atoms with van der Waals surface area (Å²) in [6.45, 7) is 6.32. The summed E-state index contributed by atoms with van der Waals surface area (Å²) >= 11 is 6.08. The molecule has 0 amide bonds. The predicted molar refractivity (Wildman–Crippen MR) is 108 cm³/mol. The lowest BCUT2D eigenvalue weighted by Gasteiger charge is -2.34. The Morgan fingerprint density at radius 1 is 1.26 bits per heavy atom. The van der Waals surface area contributed by atoms with Gasteiger partial charge < -0.3 is 15.4 Å². The van der Waals surface area contributed by atoms with Crippen LogP contribution in [0.15, 0.2) is 23.2 Å². The molecule has 1 atom stereocenters. The number of hydrogen-bond donors (Lipinski definition) is 1. The monoisotopic (exact) mass is 386 g/mol. The lowest BCUT2D eigenvalue weighted by molar-refractivity contribution is 0.0985. The van der Waals surface area contributed by atoms with E-state index in [9.17, 15) is 0 Å². The third-order valence-corrected chi connectivity index (χ3v) is 5.09. The summed E-state index contributed by atoms with van der Waals surface area (Å²) in [7, 11) is 0. The average Bonchev–Trinajstić information content (AvgIpc) is 3.46. The van der Waals surface area contributed by atoms with Crippen molar-refractivity contribution in [2.24, 2.45) is 10.9 Å². The highest BCUT2D eigenvalue weighted by molar-refractivity contribution is 6.29. The van der Waals surface area contributed by atoms with Gasteiger partial charge in [0.05, 0.1) is 19.3 Å². The van der Waals surface area contributed by atoms with Crippen molar-refractivity contribution in [3.63, 3.8) is 0 Å². The first-order valence-electron chi connectivity index (χ1n) is 9.21. The van der Waals surface area contributed by atoms with Crippen LogP contribution in [0, 0.1) is 5.92 Å². The third kappa shape index (κ3) is 4.20. The second-order valence-corrected chi connectivity index (χ2v) is 7.54. The topological polar surface area (TPSA) is 89.5 Å². The molecule has 7 nitrogen and oxygen atoms in total. The zero-order chi connectivity index (χ0) is 19.0. The van der Waals surface area contributed by atoms with Gasteiger partial charge in [0.1, 0.15) is 16.8 Å². The van der Waals surface area contributed by atoms with E-state index in [4.69, 9.17) is 32.0 Å². The van der Waals surface area contributed by atoms with Crippen molar-refractivity contribution in [2.75, 3.05) is 30.4 Å². The molecule has 2 fully saturated rings. The van der Waals surface area contributed by atoms with E-state index in [-0.39, 0.29) is 6.04 Å². The van der Waals surface area contributed by atoms with Crippen LogP contribution < -0.4 is 10.6 Å². The number of pyridine rings is 1. The SMILES string of the molecule is CC(=Nc1cc(N2CCOC[C@H]2C)nc(-c2cc(N)nc(Cl)c2)n1)C1CC1. The smallest absolute Gasteiger partial charge is 0.164 e. The number of morpholine rings is 1. The third-order valence-electron chi connectivity index (χ3n) is 4.89. The lowest BCUT2D eigenvalue weighted by atomic mass is 10.2. The molecular weight excluding hydrogens is 364 g/mol. The predicted octanol–water partition coefficient (Wildman–Crippen LogP) is 3.50. The highest BCUT2D eigenvalue weighted by atomic mass is 35.5. The molecule has 0 spiro atoms. The van der Waals surface area contributed by atoms with Crippen molar-refractivity contribution in [1.82, 2.24) is 15.0 Å². The van der Waals surface area contributed by atoms with E-state index in [1.54, 1.807) is 12.1 Å². The number of nitrogens with two attached hydrogens (primary N) is 1. The molecule has 1 saturated heterocycles. The number of nitrogens with zero attached hydrogens (tertiary/aromatic N) is 5. The number of nitrogen functional groups attached to an aromatic ring is 1. The van der Waals surface area contributed by atoms with E-state index in [2.05, 4.69) is 28.7 Å².